The molecule has 0 fully saturated rings. The minimum absolute atomic E-state index is 0.000498. The lowest BCUT2D eigenvalue weighted by atomic mass is 10.0. The molecule has 1 aromatic heterocycles. The second-order valence-corrected chi connectivity index (χ2v) is 7.82. The van der Waals surface area contributed by atoms with E-state index < -0.39 is 0 Å². The summed E-state index contributed by atoms with van der Waals surface area (Å²) < 4.78 is 1.75. The Bertz CT molecular complexity index is 675. The molecule has 0 saturated carbocycles. The second kappa shape index (κ2) is 10.3. The molecule has 0 radical (unpaired) electrons. The first-order valence-corrected chi connectivity index (χ1v) is 9.82. The van der Waals surface area contributed by atoms with Gasteiger partial charge in [0.25, 0.3) is 0 Å². The van der Waals surface area contributed by atoms with Gasteiger partial charge in [-0.15, -0.1) is 5.10 Å². The lowest BCUT2D eigenvalue weighted by Gasteiger charge is -2.21. The van der Waals surface area contributed by atoms with Gasteiger partial charge in [0, 0.05) is 6.54 Å². The van der Waals surface area contributed by atoms with E-state index in [1.165, 1.54) is 11.8 Å². The third-order valence-corrected chi connectivity index (χ3v) is 5.08. The van der Waals surface area contributed by atoms with Gasteiger partial charge in [-0.1, -0.05) is 55.4 Å². The van der Waals surface area contributed by atoms with Crippen molar-refractivity contribution in [2.24, 2.45) is 0 Å². The number of carbonyl (C=O) groups excluding carboxylic acids is 1. The number of amides is 1. The summed E-state index contributed by atoms with van der Waals surface area (Å²) in [7, 11) is 4.01. The van der Waals surface area contributed by atoms with Gasteiger partial charge in [-0.25, -0.2) is 4.68 Å². The lowest BCUT2D eigenvalue weighted by Crippen LogP contribution is -2.34. The number of hydrogen-bond donors (Lipinski definition) is 1. The zero-order chi connectivity index (χ0) is 18.9. The molecule has 0 aliphatic rings. The number of nitrogens with zero attached hydrogens (tertiary/aromatic N) is 5. The van der Waals surface area contributed by atoms with Crippen molar-refractivity contribution in [3.63, 3.8) is 0 Å². The Morgan fingerprint density at radius 1 is 1.31 bits per heavy atom. The van der Waals surface area contributed by atoms with Gasteiger partial charge >= 0.3 is 0 Å². The molecule has 1 amide bonds. The first kappa shape index (κ1) is 20.4. The van der Waals surface area contributed by atoms with Crippen LogP contribution in [0.5, 0.6) is 0 Å². The monoisotopic (exact) mass is 376 g/mol. The van der Waals surface area contributed by atoms with Crippen molar-refractivity contribution in [3.05, 3.63) is 35.9 Å². The number of aromatic nitrogens is 4. The van der Waals surface area contributed by atoms with E-state index in [2.05, 4.69) is 44.8 Å². The highest BCUT2D eigenvalue weighted by molar-refractivity contribution is 8.00. The Kier molecular flexibility index (Phi) is 8.06. The largest absolute Gasteiger partial charge is 0.348 e. The van der Waals surface area contributed by atoms with E-state index >= 15 is 0 Å². The molecule has 2 rings (SSSR count). The van der Waals surface area contributed by atoms with Crippen molar-refractivity contribution in [2.75, 3.05) is 20.6 Å². The highest BCUT2D eigenvalue weighted by Gasteiger charge is 2.21. The van der Waals surface area contributed by atoms with Crippen LogP contribution in [0.3, 0.4) is 0 Å². The SMILES string of the molecule is CCCC(NC(=O)C(C)Sc1nnnn1CCN(C)C)c1ccccc1. The van der Waals surface area contributed by atoms with E-state index in [9.17, 15) is 4.79 Å². The number of likely N-dealkylation sites (N-methyl/N-ethyl adjacent to an activating group) is 1. The molecule has 0 bridgehead atoms. The third-order valence-electron chi connectivity index (χ3n) is 4.01. The van der Waals surface area contributed by atoms with Crippen molar-refractivity contribution >= 4 is 17.7 Å². The van der Waals surface area contributed by atoms with Gasteiger partial charge in [0.15, 0.2) is 0 Å². The lowest BCUT2D eigenvalue weighted by molar-refractivity contribution is -0.121. The standard InChI is InChI=1S/C18H28N6OS/c1-5-9-16(15-10-7-6-8-11-15)19-17(25)14(2)26-18-20-21-22-24(18)13-12-23(3)4/h6-8,10-11,14,16H,5,9,12-13H2,1-4H3,(H,19,25). The highest BCUT2D eigenvalue weighted by Crippen LogP contribution is 2.23. The van der Waals surface area contributed by atoms with Gasteiger partial charge in [0.05, 0.1) is 17.8 Å². The van der Waals surface area contributed by atoms with Crippen LogP contribution in [0.15, 0.2) is 35.5 Å². The summed E-state index contributed by atoms with van der Waals surface area (Å²) in [5, 5.41) is 15.4. The Labute approximate surface area is 159 Å². The maximum atomic E-state index is 12.7. The first-order chi connectivity index (χ1) is 12.5. The average Bonchev–Trinajstić information content (AvgIpc) is 3.07. The summed E-state index contributed by atoms with van der Waals surface area (Å²) in [4.78, 5) is 14.8. The molecule has 0 saturated heterocycles. The van der Waals surface area contributed by atoms with Crippen LogP contribution in [0, 0.1) is 0 Å². The second-order valence-electron chi connectivity index (χ2n) is 6.51. The van der Waals surface area contributed by atoms with E-state index in [1.54, 1.807) is 4.68 Å². The molecule has 1 aromatic carbocycles. The third kappa shape index (κ3) is 6.10. The van der Waals surface area contributed by atoms with Gasteiger partial charge in [0.1, 0.15) is 0 Å². The number of carbonyl (C=O) groups is 1. The number of thioether (sulfide) groups is 1. The van der Waals surface area contributed by atoms with Crippen molar-refractivity contribution in [1.29, 1.82) is 0 Å². The summed E-state index contributed by atoms with van der Waals surface area (Å²) in [6.45, 7) is 5.54. The van der Waals surface area contributed by atoms with Crippen LogP contribution < -0.4 is 5.32 Å². The minimum Gasteiger partial charge on any atom is -0.348 e. The van der Waals surface area contributed by atoms with Crippen LogP contribution >= 0.6 is 11.8 Å². The van der Waals surface area contributed by atoms with Crippen molar-refractivity contribution < 1.29 is 4.79 Å². The number of rotatable bonds is 10. The van der Waals surface area contributed by atoms with Crippen LogP contribution in [0.1, 0.15) is 38.3 Å². The molecular formula is C18H28N6OS. The Balaban J connectivity index is 1.97. The van der Waals surface area contributed by atoms with Gasteiger partial charge in [-0.05, 0) is 43.4 Å². The number of tetrazole rings is 1. The molecule has 7 nitrogen and oxygen atoms in total. The summed E-state index contributed by atoms with van der Waals surface area (Å²) in [6, 6.07) is 10.1. The quantitative estimate of drug-likeness (QED) is 0.642. The predicted molar refractivity (Wildman–Crippen MR) is 104 cm³/mol. The zero-order valence-electron chi connectivity index (χ0n) is 15.9. The van der Waals surface area contributed by atoms with Crippen LogP contribution in [0.4, 0.5) is 0 Å². The molecule has 0 aliphatic carbocycles. The van der Waals surface area contributed by atoms with Crippen molar-refractivity contribution in [3.8, 4) is 0 Å². The van der Waals surface area contributed by atoms with Crippen LogP contribution in [-0.2, 0) is 11.3 Å². The van der Waals surface area contributed by atoms with Crippen LogP contribution in [0.2, 0.25) is 0 Å². The number of nitrogens with one attached hydrogen (secondary N) is 1. The van der Waals surface area contributed by atoms with Gasteiger partial charge in [0.2, 0.25) is 11.1 Å². The summed E-state index contributed by atoms with van der Waals surface area (Å²) in [5.41, 5.74) is 1.13. The summed E-state index contributed by atoms with van der Waals surface area (Å²) >= 11 is 1.39. The normalized spacial score (nSPS) is 13.6. The van der Waals surface area contributed by atoms with E-state index in [-0.39, 0.29) is 17.2 Å². The molecule has 142 valence electrons. The van der Waals surface area contributed by atoms with E-state index in [4.69, 9.17) is 0 Å². The number of hydrogen-bond acceptors (Lipinski definition) is 6. The molecule has 26 heavy (non-hydrogen) atoms. The van der Waals surface area contributed by atoms with E-state index in [0.29, 0.717) is 11.7 Å². The van der Waals surface area contributed by atoms with E-state index in [0.717, 1.165) is 24.9 Å². The molecule has 8 heteroatoms. The van der Waals surface area contributed by atoms with Crippen molar-refractivity contribution in [2.45, 2.75) is 49.7 Å². The Morgan fingerprint density at radius 3 is 2.69 bits per heavy atom. The molecule has 2 atom stereocenters. The Morgan fingerprint density at radius 2 is 2.04 bits per heavy atom. The fourth-order valence-electron chi connectivity index (χ4n) is 2.51. The number of benzene rings is 1. The fraction of sp³-hybridized carbons (Fsp3) is 0.556. The predicted octanol–water partition coefficient (Wildman–Crippen LogP) is 2.37. The molecule has 2 unspecified atom stereocenters. The molecule has 0 spiro atoms. The molecule has 2 aromatic rings. The van der Waals surface area contributed by atoms with Crippen molar-refractivity contribution in [1.82, 2.24) is 30.4 Å². The first-order valence-electron chi connectivity index (χ1n) is 8.94. The summed E-state index contributed by atoms with van der Waals surface area (Å²) in [5.74, 6) is -0.000498. The van der Waals surface area contributed by atoms with Gasteiger partial charge in [-0.3, -0.25) is 4.79 Å². The molecule has 1 N–H and O–H groups in total. The molecular weight excluding hydrogens is 348 g/mol. The zero-order valence-corrected chi connectivity index (χ0v) is 16.7. The minimum atomic E-state index is -0.276. The topological polar surface area (TPSA) is 75.9 Å². The van der Waals surface area contributed by atoms with Gasteiger partial charge in [-0.2, -0.15) is 0 Å². The van der Waals surface area contributed by atoms with Crippen LogP contribution in [-0.4, -0.2) is 56.9 Å². The maximum absolute atomic E-state index is 12.7. The smallest absolute Gasteiger partial charge is 0.233 e. The average molecular weight is 377 g/mol. The Hall–Kier alpha value is -1.93. The highest BCUT2D eigenvalue weighted by atomic mass is 32.2. The van der Waals surface area contributed by atoms with Crippen LogP contribution in [0.25, 0.3) is 0 Å². The maximum Gasteiger partial charge on any atom is 0.233 e. The van der Waals surface area contributed by atoms with E-state index in [1.807, 2.05) is 39.2 Å². The fourth-order valence-corrected chi connectivity index (χ4v) is 3.34. The molecule has 0 aliphatic heterocycles. The van der Waals surface area contributed by atoms with Gasteiger partial charge < -0.3 is 10.2 Å². The molecule has 1 heterocycles. The summed E-state index contributed by atoms with van der Waals surface area (Å²) in [6.07, 6.45) is 1.91.